The summed E-state index contributed by atoms with van der Waals surface area (Å²) in [6.07, 6.45) is 3.68. The highest BCUT2D eigenvalue weighted by atomic mass is 32.1. The van der Waals surface area contributed by atoms with E-state index in [9.17, 15) is 4.79 Å². The maximum absolute atomic E-state index is 12.7. The normalized spacial score (nSPS) is 15.0. The van der Waals surface area contributed by atoms with Crippen molar-refractivity contribution in [1.29, 1.82) is 0 Å². The van der Waals surface area contributed by atoms with E-state index in [0.717, 1.165) is 48.7 Å². The van der Waals surface area contributed by atoms with Crippen LogP contribution >= 0.6 is 22.7 Å². The highest BCUT2D eigenvalue weighted by molar-refractivity contribution is 7.19. The number of fused-ring (bicyclic) bond motifs is 4. The van der Waals surface area contributed by atoms with Crippen LogP contribution in [-0.2, 0) is 19.4 Å². The Morgan fingerprint density at radius 2 is 2.15 bits per heavy atom. The molecule has 1 aromatic carbocycles. The number of aryl methyl sites for hydroxylation is 1. The number of rotatable bonds is 3. The lowest BCUT2D eigenvalue weighted by Crippen LogP contribution is -2.33. The third-order valence-corrected chi connectivity index (χ3v) is 7.23. The SMILES string of the molecule is Cc1nc2sccn2c(=O)c1CCN1CCc2c(sc3ccccc23)C1. The molecule has 4 nitrogen and oxygen atoms in total. The summed E-state index contributed by atoms with van der Waals surface area (Å²) in [5, 5.41) is 3.34. The second-order valence-corrected chi connectivity index (χ2v) is 8.82. The summed E-state index contributed by atoms with van der Waals surface area (Å²) < 4.78 is 3.06. The van der Waals surface area contributed by atoms with Gasteiger partial charge in [0, 0.05) is 52.0 Å². The second kappa shape index (κ2) is 6.30. The first-order valence-electron chi connectivity index (χ1n) is 8.87. The predicted molar refractivity (Wildman–Crippen MR) is 109 cm³/mol. The minimum atomic E-state index is 0.0910. The molecule has 0 fully saturated rings. The van der Waals surface area contributed by atoms with Crippen molar-refractivity contribution in [3.8, 4) is 0 Å². The Balaban J connectivity index is 1.38. The monoisotopic (exact) mass is 381 g/mol. The van der Waals surface area contributed by atoms with E-state index in [1.165, 1.54) is 31.9 Å². The van der Waals surface area contributed by atoms with Gasteiger partial charge in [0.1, 0.15) is 0 Å². The van der Waals surface area contributed by atoms with Gasteiger partial charge in [-0.1, -0.05) is 18.2 Å². The number of hydrogen-bond donors (Lipinski definition) is 0. The Kier molecular flexibility index (Phi) is 3.92. The smallest absolute Gasteiger partial charge is 0.261 e. The first-order valence-corrected chi connectivity index (χ1v) is 10.6. The molecule has 0 amide bonds. The van der Waals surface area contributed by atoms with Crippen molar-refractivity contribution in [3.05, 3.63) is 67.9 Å². The maximum Gasteiger partial charge on any atom is 0.261 e. The van der Waals surface area contributed by atoms with E-state index in [-0.39, 0.29) is 5.56 Å². The molecular formula is C20H19N3OS2. The molecule has 132 valence electrons. The Bertz CT molecular complexity index is 1170. The summed E-state index contributed by atoms with van der Waals surface area (Å²) in [4.78, 5) is 22.0. The molecule has 1 aliphatic heterocycles. The molecule has 4 heterocycles. The van der Waals surface area contributed by atoms with E-state index in [1.54, 1.807) is 4.40 Å². The minimum Gasteiger partial charge on any atom is -0.298 e. The molecule has 26 heavy (non-hydrogen) atoms. The van der Waals surface area contributed by atoms with E-state index in [4.69, 9.17) is 0 Å². The van der Waals surface area contributed by atoms with Crippen LogP contribution < -0.4 is 5.56 Å². The lowest BCUT2D eigenvalue weighted by atomic mass is 10.0. The van der Waals surface area contributed by atoms with Crippen LogP contribution in [0.25, 0.3) is 15.0 Å². The number of aromatic nitrogens is 2. The Labute approximate surface area is 159 Å². The van der Waals surface area contributed by atoms with Crippen molar-refractivity contribution >= 4 is 37.7 Å². The zero-order valence-electron chi connectivity index (χ0n) is 14.6. The van der Waals surface area contributed by atoms with Crippen LogP contribution in [0.4, 0.5) is 0 Å². The molecule has 0 unspecified atom stereocenters. The fraction of sp³-hybridized carbons (Fsp3) is 0.300. The van der Waals surface area contributed by atoms with Crippen molar-refractivity contribution in [2.75, 3.05) is 13.1 Å². The van der Waals surface area contributed by atoms with Crippen molar-refractivity contribution in [2.24, 2.45) is 0 Å². The van der Waals surface area contributed by atoms with Crippen molar-refractivity contribution in [1.82, 2.24) is 14.3 Å². The number of thiazole rings is 1. The zero-order chi connectivity index (χ0) is 17.7. The van der Waals surface area contributed by atoms with Crippen LogP contribution in [-0.4, -0.2) is 27.4 Å². The summed E-state index contributed by atoms with van der Waals surface area (Å²) in [6.45, 7) is 4.91. The Hall–Kier alpha value is -2.02. The molecule has 4 aromatic rings. The molecule has 0 saturated heterocycles. The minimum absolute atomic E-state index is 0.0910. The number of thiophene rings is 1. The van der Waals surface area contributed by atoms with Gasteiger partial charge in [-0.05, 0) is 36.8 Å². The second-order valence-electron chi connectivity index (χ2n) is 6.81. The highest BCUT2D eigenvalue weighted by Crippen LogP contribution is 2.35. The molecule has 6 heteroatoms. The highest BCUT2D eigenvalue weighted by Gasteiger charge is 2.21. The lowest BCUT2D eigenvalue weighted by Gasteiger charge is -2.26. The molecule has 5 rings (SSSR count). The van der Waals surface area contributed by atoms with Gasteiger partial charge in [-0.2, -0.15) is 0 Å². The van der Waals surface area contributed by atoms with Crippen LogP contribution in [0.1, 0.15) is 21.7 Å². The quantitative estimate of drug-likeness (QED) is 0.540. The molecule has 0 spiro atoms. The topological polar surface area (TPSA) is 37.6 Å². The van der Waals surface area contributed by atoms with E-state index in [1.807, 2.05) is 29.8 Å². The molecule has 1 aliphatic rings. The third kappa shape index (κ3) is 2.60. The molecule has 3 aromatic heterocycles. The van der Waals surface area contributed by atoms with Gasteiger partial charge in [-0.3, -0.25) is 14.1 Å². The van der Waals surface area contributed by atoms with Crippen LogP contribution in [0.15, 0.2) is 40.6 Å². The molecular weight excluding hydrogens is 362 g/mol. The molecule has 0 N–H and O–H groups in total. The first kappa shape index (κ1) is 16.2. The predicted octanol–water partition coefficient (Wildman–Crippen LogP) is 3.88. The summed E-state index contributed by atoms with van der Waals surface area (Å²) in [6, 6.07) is 8.71. The molecule has 0 aliphatic carbocycles. The molecule has 0 atom stereocenters. The number of nitrogens with zero attached hydrogens (tertiary/aromatic N) is 3. The summed E-state index contributed by atoms with van der Waals surface area (Å²) in [5.74, 6) is 0. The van der Waals surface area contributed by atoms with Gasteiger partial charge in [0.15, 0.2) is 4.96 Å². The number of benzene rings is 1. The van der Waals surface area contributed by atoms with Crippen LogP contribution in [0.2, 0.25) is 0 Å². The standard InChI is InChI=1S/C20H19N3OS2/c1-13-14(19(24)23-10-11-25-20(23)21-13)6-8-22-9-7-16-15-4-2-3-5-17(15)26-18(16)12-22/h2-5,10-11H,6-9,12H2,1H3. The maximum atomic E-state index is 12.7. The fourth-order valence-electron chi connectivity index (χ4n) is 3.87. The van der Waals surface area contributed by atoms with E-state index in [0.29, 0.717) is 0 Å². The van der Waals surface area contributed by atoms with Crippen LogP contribution in [0, 0.1) is 6.92 Å². The average molecular weight is 382 g/mol. The van der Waals surface area contributed by atoms with Gasteiger partial charge < -0.3 is 0 Å². The number of hydrogen-bond acceptors (Lipinski definition) is 5. The first-order chi connectivity index (χ1) is 12.7. The summed E-state index contributed by atoms with van der Waals surface area (Å²) in [7, 11) is 0. The van der Waals surface area contributed by atoms with Gasteiger partial charge in [0.05, 0.1) is 0 Å². The average Bonchev–Trinajstić information content (AvgIpc) is 3.25. The van der Waals surface area contributed by atoms with Crippen molar-refractivity contribution in [3.63, 3.8) is 0 Å². The largest absolute Gasteiger partial charge is 0.298 e. The van der Waals surface area contributed by atoms with Gasteiger partial charge >= 0.3 is 0 Å². The third-order valence-electron chi connectivity index (χ3n) is 5.27. The van der Waals surface area contributed by atoms with Gasteiger partial charge in [0.2, 0.25) is 0 Å². The molecule has 0 bridgehead atoms. The fourth-order valence-corrected chi connectivity index (χ4v) is 5.92. The Morgan fingerprint density at radius 1 is 1.27 bits per heavy atom. The summed E-state index contributed by atoms with van der Waals surface area (Å²) in [5.41, 5.74) is 3.34. The van der Waals surface area contributed by atoms with E-state index < -0.39 is 0 Å². The Morgan fingerprint density at radius 3 is 3.08 bits per heavy atom. The van der Waals surface area contributed by atoms with Crippen molar-refractivity contribution in [2.45, 2.75) is 26.3 Å². The van der Waals surface area contributed by atoms with Crippen LogP contribution in [0.3, 0.4) is 0 Å². The van der Waals surface area contributed by atoms with E-state index >= 15 is 0 Å². The lowest BCUT2D eigenvalue weighted by molar-refractivity contribution is 0.261. The zero-order valence-corrected chi connectivity index (χ0v) is 16.2. The van der Waals surface area contributed by atoms with Crippen LogP contribution in [0.5, 0.6) is 0 Å². The molecule has 0 radical (unpaired) electrons. The van der Waals surface area contributed by atoms with Gasteiger partial charge in [0.25, 0.3) is 5.56 Å². The van der Waals surface area contributed by atoms with Gasteiger partial charge in [-0.25, -0.2) is 4.98 Å². The summed E-state index contributed by atoms with van der Waals surface area (Å²) >= 11 is 3.42. The van der Waals surface area contributed by atoms with Crippen molar-refractivity contribution < 1.29 is 0 Å². The van der Waals surface area contributed by atoms with E-state index in [2.05, 4.69) is 34.1 Å². The van der Waals surface area contributed by atoms with Gasteiger partial charge in [-0.15, -0.1) is 22.7 Å². The molecule has 0 saturated carbocycles.